The summed E-state index contributed by atoms with van der Waals surface area (Å²) in [5.74, 6) is 0. The van der Waals surface area contributed by atoms with Crippen LogP contribution in [0.15, 0.2) is 18.2 Å². The molecule has 0 saturated heterocycles. The lowest BCUT2D eigenvalue weighted by molar-refractivity contribution is 0.731. The van der Waals surface area contributed by atoms with Crippen LogP contribution in [0.5, 0.6) is 0 Å². The highest BCUT2D eigenvalue weighted by atomic mass is 35.5. The normalized spacial score (nSPS) is 10.9. The van der Waals surface area contributed by atoms with Crippen LogP contribution in [0.25, 0.3) is 0 Å². The van der Waals surface area contributed by atoms with Gasteiger partial charge >= 0.3 is 0 Å². The molecule has 0 unspecified atom stereocenters. The maximum absolute atomic E-state index is 6.19. The zero-order valence-electron chi connectivity index (χ0n) is 11.0. The molecule has 2 rings (SSSR count). The molecule has 0 atom stereocenters. The van der Waals surface area contributed by atoms with Crippen molar-refractivity contribution in [2.75, 3.05) is 6.54 Å². The summed E-state index contributed by atoms with van der Waals surface area (Å²) in [5.41, 5.74) is 2.17. The molecular formula is C14H16Cl2N2S. The van der Waals surface area contributed by atoms with Crippen molar-refractivity contribution in [1.82, 2.24) is 10.3 Å². The van der Waals surface area contributed by atoms with Gasteiger partial charge in [-0.1, -0.05) is 36.2 Å². The molecule has 2 aromatic rings. The molecule has 0 fully saturated rings. The third kappa shape index (κ3) is 3.93. The predicted octanol–water partition coefficient (Wildman–Crippen LogP) is 4.46. The van der Waals surface area contributed by atoms with Gasteiger partial charge in [-0.25, -0.2) is 4.98 Å². The molecule has 1 heterocycles. The molecule has 19 heavy (non-hydrogen) atoms. The van der Waals surface area contributed by atoms with Crippen molar-refractivity contribution in [3.8, 4) is 0 Å². The minimum atomic E-state index is 0.664. The Morgan fingerprint density at radius 1 is 1.32 bits per heavy atom. The van der Waals surface area contributed by atoms with Gasteiger partial charge in [0.15, 0.2) is 0 Å². The van der Waals surface area contributed by atoms with E-state index < -0.39 is 0 Å². The second-order valence-corrected chi connectivity index (χ2v) is 6.32. The number of aromatic nitrogens is 1. The van der Waals surface area contributed by atoms with Gasteiger partial charge in [-0.3, -0.25) is 0 Å². The van der Waals surface area contributed by atoms with Gasteiger partial charge in [0.05, 0.1) is 10.7 Å². The molecule has 0 aliphatic carbocycles. The largest absolute Gasteiger partial charge is 0.312 e. The van der Waals surface area contributed by atoms with Crippen LogP contribution >= 0.6 is 34.5 Å². The van der Waals surface area contributed by atoms with Gasteiger partial charge in [0.2, 0.25) is 0 Å². The van der Waals surface area contributed by atoms with Gasteiger partial charge in [0.1, 0.15) is 0 Å². The topological polar surface area (TPSA) is 24.9 Å². The number of thiazole rings is 1. The van der Waals surface area contributed by atoms with E-state index >= 15 is 0 Å². The van der Waals surface area contributed by atoms with Gasteiger partial charge in [-0.05, 0) is 31.2 Å². The highest BCUT2D eigenvalue weighted by Crippen LogP contribution is 2.26. The van der Waals surface area contributed by atoms with Crippen LogP contribution in [0.3, 0.4) is 0 Å². The summed E-state index contributed by atoms with van der Waals surface area (Å²) in [5, 5.41) is 5.79. The highest BCUT2D eigenvalue weighted by Gasteiger charge is 2.09. The van der Waals surface area contributed by atoms with Gasteiger partial charge in [0, 0.05) is 27.9 Å². The number of nitrogens with one attached hydrogen (secondary N) is 1. The first-order valence-electron chi connectivity index (χ1n) is 6.20. The van der Waals surface area contributed by atoms with E-state index in [2.05, 4.69) is 24.1 Å². The molecule has 0 spiro atoms. The third-order valence-corrected chi connectivity index (χ3v) is 4.57. The first-order chi connectivity index (χ1) is 9.10. The summed E-state index contributed by atoms with van der Waals surface area (Å²) in [6.45, 7) is 6.00. The van der Waals surface area contributed by atoms with E-state index in [1.54, 1.807) is 17.4 Å². The molecule has 0 bridgehead atoms. The molecule has 1 aromatic heterocycles. The van der Waals surface area contributed by atoms with Crippen molar-refractivity contribution in [1.29, 1.82) is 0 Å². The van der Waals surface area contributed by atoms with Crippen molar-refractivity contribution >= 4 is 34.5 Å². The lowest BCUT2D eigenvalue weighted by Crippen LogP contribution is -2.11. The molecule has 5 heteroatoms. The second kappa shape index (κ2) is 6.71. The number of rotatable bonds is 5. The number of aryl methyl sites for hydroxylation is 1. The van der Waals surface area contributed by atoms with Crippen molar-refractivity contribution < 1.29 is 0 Å². The Bertz CT molecular complexity index is 567. The van der Waals surface area contributed by atoms with E-state index in [9.17, 15) is 0 Å². The summed E-state index contributed by atoms with van der Waals surface area (Å²) in [6, 6.07) is 5.60. The fourth-order valence-corrected chi connectivity index (χ4v) is 3.33. The molecule has 0 amide bonds. The Morgan fingerprint density at radius 3 is 2.79 bits per heavy atom. The van der Waals surface area contributed by atoms with Crippen molar-refractivity contribution in [2.24, 2.45) is 0 Å². The van der Waals surface area contributed by atoms with Crippen LogP contribution in [0, 0.1) is 6.92 Å². The number of benzene rings is 1. The maximum atomic E-state index is 6.19. The minimum absolute atomic E-state index is 0.664. The van der Waals surface area contributed by atoms with Crippen molar-refractivity contribution in [3.05, 3.63) is 49.4 Å². The fourth-order valence-electron chi connectivity index (χ4n) is 1.79. The molecule has 1 aromatic carbocycles. The quantitative estimate of drug-likeness (QED) is 0.881. The Balaban J connectivity index is 2.14. The first kappa shape index (κ1) is 14.8. The predicted molar refractivity (Wildman–Crippen MR) is 83.5 cm³/mol. The van der Waals surface area contributed by atoms with Gasteiger partial charge in [-0.15, -0.1) is 11.3 Å². The average molecular weight is 315 g/mol. The van der Waals surface area contributed by atoms with E-state index in [1.165, 1.54) is 4.88 Å². The summed E-state index contributed by atoms with van der Waals surface area (Å²) in [6.07, 6.45) is 0.758. The van der Waals surface area contributed by atoms with Crippen LogP contribution in [-0.4, -0.2) is 11.5 Å². The van der Waals surface area contributed by atoms with Crippen molar-refractivity contribution in [2.45, 2.75) is 26.8 Å². The zero-order chi connectivity index (χ0) is 13.8. The Morgan fingerprint density at radius 2 is 2.11 bits per heavy atom. The van der Waals surface area contributed by atoms with E-state index in [4.69, 9.17) is 23.2 Å². The SMILES string of the molecule is CCNCc1sc(Cc2ccc(Cl)cc2Cl)nc1C. The molecule has 102 valence electrons. The highest BCUT2D eigenvalue weighted by molar-refractivity contribution is 7.11. The second-order valence-electron chi connectivity index (χ2n) is 4.31. The maximum Gasteiger partial charge on any atom is 0.0975 e. The molecular weight excluding hydrogens is 299 g/mol. The summed E-state index contributed by atoms with van der Waals surface area (Å²) < 4.78 is 0. The average Bonchev–Trinajstić information content (AvgIpc) is 2.71. The van der Waals surface area contributed by atoms with Crippen LogP contribution in [-0.2, 0) is 13.0 Å². The van der Waals surface area contributed by atoms with Crippen LogP contribution in [0.2, 0.25) is 10.0 Å². The van der Waals surface area contributed by atoms with Crippen molar-refractivity contribution in [3.63, 3.8) is 0 Å². The van der Waals surface area contributed by atoms with E-state index in [0.717, 1.165) is 35.8 Å². The fraction of sp³-hybridized carbons (Fsp3) is 0.357. The Hall–Kier alpha value is -0.610. The summed E-state index contributed by atoms with van der Waals surface area (Å²) in [7, 11) is 0. The number of halogens is 2. The molecule has 2 nitrogen and oxygen atoms in total. The minimum Gasteiger partial charge on any atom is -0.312 e. The lowest BCUT2D eigenvalue weighted by Gasteiger charge is -2.02. The number of hydrogen-bond donors (Lipinski definition) is 1. The van der Waals surface area contributed by atoms with Gasteiger partial charge in [-0.2, -0.15) is 0 Å². The molecule has 1 N–H and O–H groups in total. The monoisotopic (exact) mass is 314 g/mol. The molecule has 0 radical (unpaired) electrons. The standard InChI is InChI=1S/C14H16Cl2N2S/c1-3-17-8-13-9(2)18-14(19-13)6-10-4-5-11(15)7-12(10)16/h4-5,7,17H,3,6,8H2,1-2H3. The summed E-state index contributed by atoms with van der Waals surface area (Å²) in [4.78, 5) is 5.90. The first-order valence-corrected chi connectivity index (χ1v) is 7.77. The zero-order valence-corrected chi connectivity index (χ0v) is 13.3. The number of nitrogens with zero attached hydrogens (tertiary/aromatic N) is 1. The van der Waals surface area contributed by atoms with E-state index in [0.29, 0.717) is 10.0 Å². The van der Waals surface area contributed by atoms with Gasteiger partial charge in [0.25, 0.3) is 0 Å². The molecule has 0 aliphatic rings. The lowest BCUT2D eigenvalue weighted by atomic mass is 10.1. The number of hydrogen-bond acceptors (Lipinski definition) is 3. The Labute approximate surface area is 127 Å². The van der Waals surface area contributed by atoms with E-state index in [1.807, 2.05) is 12.1 Å². The van der Waals surface area contributed by atoms with Crippen LogP contribution in [0.1, 0.15) is 28.1 Å². The molecule has 0 saturated carbocycles. The van der Waals surface area contributed by atoms with Gasteiger partial charge < -0.3 is 5.32 Å². The van der Waals surface area contributed by atoms with Crippen LogP contribution in [0.4, 0.5) is 0 Å². The van der Waals surface area contributed by atoms with E-state index in [-0.39, 0.29) is 0 Å². The Kier molecular flexibility index (Phi) is 5.22. The molecule has 0 aliphatic heterocycles. The van der Waals surface area contributed by atoms with Crippen LogP contribution < -0.4 is 5.32 Å². The smallest absolute Gasteiger partial charge is 0.0975 e. The third-order valence-electron chi connectivity index (χ3n) is 2.83. The summed E-state index contributed by atoms with van der Waals surface area (Å²) >= 11 is 13.8.